The Bertz CT molecular complexity index is 1270. The Balaban J connectivity index is 1.65. The predicted octanol–water partition coefficient (Wildman–Crippen LogP) is 4.25. The van der Waals surface area contributed by atoms with Crippen molar-refractivity contribution in [3.8, 4) is 11.4 Å². The number of imidazole rings is 1. The number of rotatable bonds is 5. The first-order chi connectivity index (χ1) is 16.1. The van der Waals surface area contributed by atoms with Crippen LogP contribution in [-0.2, 0) is 19.0 Å². The molecule has 0 saturated heterocycles. The Morgan fingerprint density at radius 3 is 2.59 bits per heavy atom. The second-order valence-electron chi connectivity index (χ2n) is 8.33. The number of carbonyl (C=O) groups excluding carboxylic acids is 1. The molecule has 0 aliphatic heterocycles. The Kier molecular flexibility index (Phi) is 6.07. The van der Waals surface area contributed by atoms with E-state index in [2.05, 4.69) is 10.3 Å². The summed E-state index contributed by atoms with van der Waals surface area (Å²) in [7, 11) is 0. The number of halogens is 3. The summed E-state index contributed by atoms with van der Waals surface area (Å²) in [5.41, 5.74) is 6.53. The number of fused-ring (bicyclic) bond motifs is 1. The first-order valence-electron chi connectivity index (χ1n) is 10.8. The zero-order valence-electron chi connectivity index (χ0n) is 18.4. The molecule has 0 spiro atoms. The summed E-state index contributed by atoms with van der Waals surface area (Å²) in [5, 5.41) is 20.3. The summed E-state index contributed by atoms with van der Waals surface area (Å²) in [6.45, 7) is 1.58. The number of alkyl halides is 3. The van der Waals surface area contributed by atoms with Gasteiger partial charge in [0.15, 0.2) is 0 Å². The van der Waals surface area contributed by atoms with Gasteiger partial charge in [-0.25, -0.2) is 4.98 Å². The van der Waals surface area contributed by atoms with Crippen LogP contribution in [0.3, 0.4) is 0 Å². The van der Waals surface area contributed by atoms with Crippen molar-refractivity contribution in [2.24, 2.45) is 5.73 Å². The lowest BCUT2D eigenvalue weighted by Crippen LogP contribution is -2.27. The van der Waals surface area contributed by atoms with E-state index < -0.39 is 23.7 Å². The maximum Gasteiger partial charge on any atom is 0.418 e. The summed E-state index contributed by atoms with van der Waals surface area (Å²) in [6, 6.07) is 6.96. The topological polar surface area (TPSA) is 117 Å². The molecule has 178 valence electrons. The second kappa shape index (κ2) is 8.85. The number of aromatic nitrogens is 2. The molecule has 1 aromatic heterocycles. The predicted molar refractivity (Wildman–Crippen MR) is 120 cm³/mol. The highest BCUT2D eigenvalue weighted by atomic mass is 19.4. The molecule has 0 radical (unpaired) electrons. The highest BCUT2D eigenvalue weighted by Gasteiger charge is 2.35. The number of nitrogens with one attached hydrogen (secondary N) is 2. The Morgan fingerprint density at radius 2 is 1.88 bits per heavy atom. The van der Waals surface area contributed by atoms with Gasteiger partial charge in [0.1, 0.15) is 11.6 Å². The maximum absolute atomic E-state index is 14.0. The van der Waals surface area contributed by atoms with Crippen LogP contribution in [0, 0.1) is 5.41 Å². The Hall–Kier alpha value is -3.82. The number of benzene rings is 2. The fraction of sp³-hybridized carbons (Fsp3) is 0.292. The number of phenolic OH excluding ortho intramolecular Hbond substituents is 1. The summed E-state index contributed by atoms with van der Waals surface area (Å²) in [6.07, 6.45) is -0.0480. The number of nitrogens with two attached hydrogens (primary N) is 1. The first kappa shape index (κ1) is 23.3. The van der Waals surface area contributed by atoms with Gasteiger partial charge in [0, 0.05) is 22.4 Å². The minimum absolute atomic E-state index is 0.0699. The van der Waals surface area contributed by atoms with Crippen LogP contribution < -0.4 is 11.1 Å². The zero-order chi connectivity index (χ0) is 24.6. The van der Waals surface area contributed by atoms with Crippen molar-refractivity contribution in [1.82, 2.24) is 14.9 Å². The summed E-state index contributed by atoms with van der Waals surface area (Å²) in [4.78, 5) is 17.1. The van der Waals surface area contributed by atoms with Crippen LogP contribution in [0.1, 0.15) is 64.2 Å². The molecular formula is C24H24F3N5O2. The van der Waals surface area contributed by atoms with Crippen LogP contribution in [0.15, 0.2) is 42.7 Å². The van der Waals surface area contributed by atoms with E-state index in [1.807, 2.05) is 0 Å². The van der Waals surface area contributed by atoms with Crippen LogP contribution in [0.4, 0.5) is 13.2 Å². The number of hydrogen-bond donors (Lipinski definition) is 4. The van der Waals surface area contributed by atoms with Gasteiger partial charge in [-0.2, -0.15) is 13.2 Å². The van der Waals surface area contributed by atoms with Gasteiger partial charge in [-0.05, 0) is 69.0 Å². The molecular weight excluding hydrogens is 447 g/mol. The molecule has 1 atom stereocenters. The number of amidine groups is 1. The van der Waals surface area contributed by atoms with Gasteiger partial charge < -0.3 is 20.7 Å². The molecule has 3 aromatic rings. The van der Waals surface area contributed by atoms with Crippen LogP contribution in [0.25, 0.3) is 5.69 Å². The van der Waals surface area contributed by atoms with Crippen LogP contribution >= 0.6 is 0 Å². The fourth-order valence-corrected chi connectivity index (χ4v) is 4.22. The number of nitrogen functional groups attached to an aromatic ring is 1. The number of amides is 1. The minimum Gasteiger partial charge on any atom is -0.508 e. The molecule has 4 rings (SSSR count). The third-order valence-corrected chi connectivity index (χ3v) is 6.01. The monoisotopic (exact) mass is 471 g/mol. The Morgan fingerprint density at radius 1 is 1.18 bits per heavy atom. The summed E-state index contributed by atoms with van der Waals surface area (Å²) < 4.78 is 43.4. The van der Waals surface area contributed by atoms with Crippen LogP contribution in [0.5, 0.6) is 5.75 Å². The van der Waals surface area contributed by atoms with Gasteiger partial charge in [0.2, 0.25) is 0 Å². The maximum atomic E-state index is 14.0. The van der Waals surface area contributed by atoms with E-state index in [4.69, 9.17) is 11.1 Å². The SMILES string of the molecule is CC(NC(=O)c1ccc(-n2cnc3c2CCCC3)c(C(F)(F)F)c1)c1cc(C(=N)N)ccc1O. The molecule has 5 N–H and O–H groups in total. The molecule has 1 aliphatic carbocycles. The van der Waals surface area contributed by atoms with Crippen LogP contribution in [-0.4, -0.2) is 26.4 Å². The smallest absolute Gasteiger partial charge is 0.418 e. The van der Waals surface area contributed by atoms with Gasteiger partial charge in [-0.15, -0.1) is 0 Å². The van der Waals surface area contributed by atoms with Crippen LogP contribution in [0.2, 0.25) is 0 Å². The Labute approximate surface area is 193 Å². The third kappa shape index (κ3) is 4.48. The van der Waals surface area contributed by atoms with Crippen molar-refractivity contribution in [3.05, 3.63) is 76.4 Å². The molecule has 0 bridgehead atoms. The van der Waals surface area contributed by atoms with Crippen molar-refractivity contribution >= 4 is 11.7 Å². The van der Waals surface area contributed by atoms with Crippen molar-refractivity contribution < 1.29 is 23.1 Å². The number of hydrogen-bond acceptors (Lipinski definition) is 4. The van der Waals surface area contributed by atoms with E-state index in [1.165, 1.54) is 41.2 Å². The van der Waals surface area contributed by atoms with Gasteiger partial charge in [0.05, 0.1) is 29.3 Å². The number of carbonyl (C=O) groups is 1. The fourth-order valence-electron chi connectivity index (χ4n) is 4.22. The average Bonchev–Trinajstić information content (AvgIpc) is 3.22. The summed E-state index contributed by atoms with van der Waals surface area (Å²) >= 11 is 0. The number of phenols is 1. The van der Waals surface area contributed by atoms with Crippen molar-refractivity contribution in [2.75, 3.05) is 0 Å². The van der Waals surface area contributed by atoms with E-state index in [-0.39, 0.29) is 22.8 Å². The largest absolute Gasteiger partial charge is 0.508 e. The summed E-state index contributed by atoms with van der Waals surface area (Å²) in [5.74, 6) is -1.08. The van der Waals surface area contributed by atoms with Gasteiger partial charge in [-0.1, -0.05) is 0 Å². The van der Waals surface area contributed by atoms with Gasteiger partial charge in [0.25, 0.3) is 5.91 Å². The van der Waals surface area contributed by atoms with Crippen molar-refractivity contribution in [3.63, 3.8) is 0 Å². The lowest BCUT2D eigenvalue weighted by Gasteiger charge is -2.20. The molecule has 0 fully saturated rings. The normalized spacial score (nSPS) is 14.4. The second-order valence-corrected chi connectivity index (χ2v) is 8.33. The molecule has 10 heteroatoms. The highest BCUT2D eigenvalue weighted by Crippen LogP contribution is 2.36. The van der Waals surface area contributed by atoms with Crippen molar-refractivity contribution in [1.29, 1.82) is 5.41 Å². The lowest BCUT2D eigenvalue weighted by atomic mass is 10.00. The molecule has 1 aliphatic rings. The first-order valence-corrected chi connectivity index (χ1v) is 10.8. The van der Waals surface area contributed by atoms with Crippen molar-refractivity contribution in [2.45, 2.75) is 44.8 Å². The number of aromatic hydroxyl groups is 1. The molecule has 7 nitrogen and oxygen atoms in total. The van der Waals surface area contributed by atoms with E-state index in [9.17, 15) is 23.1 Å². The minimum atomic E-state index is -4.68. The van der Waals surface area contributed by atoms with Gasteiger partial charge >= 0.3 is 6.18 Å². The van der Waals surface area contributed by atoms with E-state index in [1.54, 1.807) is 6.92 Å². The zero-order valence-corrected chi connectivity index (χ0v) is 18.4. The average molecular weight is 471 g/mol. The molecule has 2 aromatic carbocycles. The van der Waals surface area contributed by atoms with E-state index in [0.29, 0.717) is 17.5 Å². The molecule has 34 heavy (non-hydrogen) atoms. The van der Waals surface area contributed by atoms with Gasteiger partial charge in [-0.3, -0.25) is 10.2 Å². The quantitative estimate of drug-likeness (QED) is 0.329. The standard InChI is InChI=1S/C24H24F3N5O2/c1-13(16-10-14(22(28)29)7-9-21(16)33)31-23(34)15-6-8-19(17(11-15)24(25,26)27)32-12-30-18-4-2-3-5-20(18)32/h6-13,33H,2-5H2,1H3,(H3,28,29)(H,31,34). The molecule has 1 heterocycles. The van der Waals surface area contributed by atoms with E-state index in [0.717, 1.165) is 36.7 Å². The molecule has 1 amide bonds. The lowest BCUT2D eigenvalue weighted by molar-refractivity contribution is -0.137. The third-order valence-electron chi connectivity index (χ3n) is 6.01. The molecule has 0 saturated carbocycles. The van der Waals surface area contributed by atoms with E-state index >= 15 is 0 Å². The number of aryl methyl sites for hydroxylation is 1. The highest BCUT2D eigenvalue weighted by molar-refractivity contribution is 5.96. The number of nitrogens with zero attached hydrogens (tertiary/aromatic N) is 2. The molecule has 1 unspecified atom stereocenters.